The van der Waals surface area contributed by atoms with Crippen molar-refractivity contribution in [2.24, 2.45) is 0 Å². The third kappa shape index (κ3) is 3.45. The Morgan fingerprint density at radius 3 is 2.95 bits per heavy atom. The standard InChI is InChI=1S/C13H13ClN2O2S/c1-8-16-10(7-19-8)6-15-12-5-9(14)3-4-11(12)13(17)18-2/h3-5,7,15H,6H2,1-2H3. The molecule has 1 heterocycles. The molecule has 0 fully saturated rings. The first kappa shape index (κ1) is 13.8. The molecule has 1 aromatic carbocycles. The summed E-state index contributed by atoms with van der Waals surface area (Å²) < 4.78 is 4.74. The zero-order valence-electron chi connectivity index (χ0n) is 10.6. The smallest absolute Gasteiger partial charge is 0.339 e. The number of ether oxygens (including phenoxy) is 1. The molecule has 2 aromatic rings. The Morgan fingerprint density at radius 1 is 1.53 bits per heavy atom. The molecule has 2 rings (SSSR count). The van der Waals surface area contributed by atoms with E-state index in [0.717, 1.165) is 10.7 Å². The van der Waals surface area contributed by atoms with Crippen LogP contribution < -0.4 is 5.32 Å². The van der Waals surface area contributed by atoms with Gasteiger partial charge in [0.2, 0.25) is 0 Å². The number of hydrogen-bond donors (Lipinski definition) is 1. The van der Waals surface area contributed by atoms with E-state index in [2.05, 4.69) is 10.3 Å². The van der Waals surface area contributed by atoms with Crippen LogP contribution in [0, 0.1) is 6.92 Å². The number of thiazole rings is 1. The fraction of sp³-hybridized carbons (Fsp3) is 0.231. The molecular weight excluding hydrogens is 284 g/mol. The lowest BCUT2D eigenvalue weighted by Gasteiger charge is -2.10. The van der Waals surface area contributed by atoms with Crippen molar-refractivity contribution in [2.45, 2.75) is 13.5 Å². The molecule has 19 heavy (non-hydrogen) atoms. The number of aryl methyl sites for hydroxylation is 1. The maximum absolute atomic E-state index is 11.6. The average molecular weight is 297 g/mol. The van der Waals surface area contributed by atoms with Gasteiger partial charge in [-0.3, -0.25) is 0 Å². The largest absolute Gasteiger partial charge is 0.465 e. The first-order valence-electron chi connectivity index (χ1n) is 5.63. The van der Waals surface area contributed by atoms with Crippen LogP contribution in [0.25, 0.3) is 0 Å². The van der Waals surface area contributed by atoms with E-state index < -0.39 is 5.97 Å². The third-order valence-corrected chi connectivity index (χ3v) is 3.57. The zero-order chi connectivity index (χ0) is 13.8. The van der Waals surface area contributed by atoms with Gasteiger partial charge in [0.15, 0.2) is 0 Å². The van der Waals surface area contributed by atoms with Gasteiger partial charge in [0.25, 0.3) is 0 Å². The molecule has 0 aliphatic carbocycles. The van der Waals surface area contributed by atoms with Gasteiger partial charge in [-0.25, -0.2) is 9.78 Å². The molecule has 0 bridgehead atoms. The minimum Gasteiger partial charge on any atom is -0.465 e. The predicted molar refractivity (Wildman–Crippen MR) is 77.0 cm³/mol. The summed E-state index contributed by atoms with van der Waals surface area (Å²) in [6, 6.07) is 5.00. The fourth-order valence-electron chi connectivity index (χ4n) is 1.63. The monoisotopic (exact) mass is 296 g/mol. The molecule has 0 unspecified atom stereocenters. The first-order chi connectivity index (χ1) is 9.10. The lowest BCUT2D eigenvalue weighted by molar-refractivity contribution is 0.0602. The second-order valence-corrected chi connectivity index (χ2v) is 5.39. The summed E-state index contributed by atoms with van der Waals surface area (Å²) in [7, 11) is 1.35. The topological polar surface area (TPSA) is 51.2 Å². The number of methoxy groups -OCH3 is 1. The van der Waals surface area contributed by atoms with Crippen molar-refractivity contribution in [2.75, 3.05) is 12.4 Å². The normalized spacial score (nSPS) is 10.3. The van der Waals surface area contributed by atoms with Crippen molar-refractivity contribution < 1.29 is 9.53 Å². The highest BCUT2D eigenvalue weighted by Crippen LogP contribution is 2.22. The Hall–Kier alpha value is -1.59. The van der Waals surface area contributed by atoms with Crippen molar-refractivity contribution in [1.29, 1.82) is 0 Å². The van der Waals surface area contributed by atoms with E-state index in [0.29, 0.717) is 22.8 Å². The Kier molecular flexibility index (Phi) is 4.39. The summed E-state index contributed by atoms with van der Waals surface area (Å²) in [5, 5.41) is 6.70. The van der Waals surface area contributed by atoms with Crippen LogP contribution >= 0.6 is 22.9 Å². The molecule has 0 radical (unpaired) electrons. The molecule has 6 heteroatoms. The van der Waals surface area contributed by atoms with Crippen LogP contribution in [0.1, 0.15) is 21.1 Å². The van der Waals surface area contributed by atoms with Gasteiger partial charge in [0, 0.05) is 10.4 Å². The Bertz CT molecular complexity index is 598. The van der Waals surface area contributed by atoms with Crippen LogP contribution in [0.2, 0.25) is 5.02 Å². The van der Waals surface area contributed by atoms with Crippen LogP contribution in [0.4, 0.5) is 5.69 Å². The number of carbonyl (C=O) groups is 1. The zero-order valence-corrected chi connectivity index (χ0v) is 12.1. The number of esters is 1. The molecule has 0 aliphatic rings. The maximum Gasteiger partial charge on any atom is 0.339 e. The predicted octanol–water partition coefficient (Wildman–Crippen LogP) is 3.50. The summed E-state index contributed by atoms with van der Waals surface area (Å²) >= 11 is 7.53. The van der Waals surface area contributed by atoms with E-state index in [1.54, 1.807) is 29.5 Å². The van der Waals surface area contributed by atoms with Gasteiger partial charge in [0.1, 0.15) is 0 Å². The second kappa shape index (κ2) is 6.04. The highest BCUT2D eigenvalue weighted by molar-refractivity contribution is 7.09. The molecule has 0 amide bonds. The van der Waals surface area contributed by atoms with Crippen LogP contribution in [0.5, 0.6) is 0 Å². The van der Waals surface area contributed by atoms with Crippen LogP contribution in [0.15, 0.2) is 23.6 Å². The molecule has 0 saturated heterocycles. The van der Waals surface area contributed by atoms with Crippen molar-refractivity contribution in [3.8, 4) is 0 Å². The molecule has 0 saturated carbocycles. The highest BCUT2D eigenvalue weighted by atomic mass is 35.5. The average Bonchev–Trinajstić information content (AvgIpc) is 2.81. The van der Waals surface area contributed by atoms with Crippen LogP contribution in [-0.4, -0.2) is 18.1 Å². The lowest BCUT2D eigenvalue weighted by atomic mass is 10.1. The van der Waals surface area contributed by atoms with Crippen molar-refractivity contribution in [3.05, 3.63) is 44.9 Å². The summed E-state index contributed by atoms with van der Waals surface area (Å²) in [5.41, 5.74) is 2.03. The number of halogens is 1. The number of nitrogens with one attached hydrogen (secondary N) is 1. The summed E-state index contributed by atoms with van der Waals surface area (Å²) in [6.07, 6.45) is 0. The van der Waals surface area contributed by atoms with Gasteiger partial charge in [-0.2, -0.15) is 0 Å². The van der Waals surface area contributed by atoms with E-state index in [4.69, 9.17) is 16.3 Å². The van der Waals surface area contributed by atoms with Gasteiger partial charge in [-0.05, 0) is 25.1 Å². The first-order valence-corrected chi connectivity index (χ1v) is 6.88. The molecule has 100 valence electrons. The van der Waals surface area contributed by atoms with Crippen LogP contribution in [0.3, 0.4) is 0 Å². The number of carbonyl (C=O) groups excluding carboxylic acids is 1. The number of anilines is 1. The van der Waals surface area contributed by atoms with E-state index in [1.165, 1.54) is 7.11 Å². The molecular formula is C13H13ClN2O2S. The van der Waals surface area contributed by atoms with Crippen molar-refractivity contribution >= 4 is 34.6 Å². The van der Waals surface area contributed by atoms with Gasteiger partial charge < -0.3 is 10.1 Å². The third-order valence-electron chi connectivity index (χ3n) is 2.51. The summed E-state index contributed by atoms with van der Waals surface area (Å²) in [4.78, 5) is 16.0. The quantitative estimate of drug-likeness (QED) is 0.877. The molecule has 1 N–H and O–H groups in total. The highest BCUT2D eigenvalue weighted by Gasteiger charge is 2.12. The van der Waals surface area contributed by atoms with Gasteiger partial charge in [-0.1, -0.05) is 11.6 Å². The summed E-state index contributed by atoms with van der Waals surface area (Å²) in [5.74, 6) is -0.395. The number of benzene rings is 1. The van der Waals surface area contributed by atoms with E-state index in [1.807, 2.05) is 12.3 Å². The van der Waals surface area contributed by atoms with E-state index in [9.17, 15) is 4.79 Å². The number of aromatic nitrogens is 1. The second-order valence-electron chi connectivity index (χ2n) is 3.89. The SMILES string of the molecule is COC(=O)c1ccc(Cl)cc1NCc1csc(C)n1. The van der Waals surface area contributed by atoms with Gasteiger partial charge in [-0.15, -0.1) is 11.3 Å². The van der Waals surface area contributed by atoms with Gasteiger partial charge in [0.05, 0.1) is 35.6 Å². The van der Waals surface area contributed by atoms with E-state index in [-0.39, 0.29) is 0 Å². The molecule has 0 spiro atoms. The fourth-order valence-corrected chi connectivity index (χ4v) is 2.41. The maximum atomic E-state index is 11.6. The van der Waals surface area contributed by atoms with Crippen LogP contribution in [-0.2, 0) is 11.3 Å². The van der Waals surface area contributed by atoms with Crippen molar-refractivity contribution in [1.82, 2.24) is 4.98 Å². The number of rotatable bonds is 4. The van der Waals surface area contributed by atoms with Crippen molar-refractivity contribution in [3.63, 3.8) is 0 Å². The Labute approximate surface area is 120 Å². The minimum absolute atomic E-state index is 0.395. The molecule has 4 nitrogen and oxygen atoms in total. The molecule has 0 aliphatic heterocycles. The summed E-state index contributed by atoms with van der Waals surface area (Å²) in [6.45, 7) is 2.49. The Balaban J connectivity index is 2.18. The number of nitrogens with zero attached hydrogens (tertiary/aromatic N) is 1. The Morgan fingerprint density at radius 2 is 2.32 bits per heavy atom. The molecule has 0 atom stereocenters. The molecule has 1 aromatic heterocycles. The minimum atomic E-state index is -0.395. The number of hydrogen-bond acceptors (Lipinski definition) is 5. The lowest BCUT2D eigenvalue weighted by Crippen LogP contribution is -2.08. The van der Waals surface area contributed by atoms with Gasteiger partial charge >= 0.3 is 5.97 Å². The van der Waals surface area contributed by atoms with E-state index >= 15 is 0 Å².